The highest BCUT2D eigenvalue weighted by Gasteiger charge is 2.32. The van der Waals surface area contributed by atoms with E-state index in [9.17, 15) is 9.90 Å². The quantitative estimate of drug-likeness (QED) is 0.836. The van der Waals surface area contributed by atoms with E-state index in [1.165, 1.54) is 0 Å². The van der Waals surface area contributed by atoms with Gasteiger partial charge in [0.1, 0.15) is 5.60 Å². The molecule has 1 amide bonds. The monoisotopic (exact) mass is 315 g/mol. The molecule has 1 rings (SSSR count). The second kappa shape index (κ2) is 8.76. The van der Waals surface area contributed by atoms with E-state index < -0.39 is 11.2 Å². The van der Waals surface area contributed by atoms with Crippen molar-refractivity contribution < 1.29 is 14.6 Å². The summed E-state index contributed by atoms with van der Waals surface area (Å²) in [7, 11) is 1.80. The number of nitrogens with zero attached hydrogens (tertiary/aromatic N) is 1. The molecule has 1 fully saturated rings. The number of hydrogen-bond acceptors (Lipinski definition) is 3. The highest BCUT2D eigenvalue weighted by Crippen LogP contribution is 2.35. The molecule has 0 aromatic heterocycles. The molecule has 0 aromatic carbocycles. The highest BCUT2D eigenvalue weighted by molar-refractivity contribution is 5.67. The third-order valence-corrected chi connectivity index (χ3v) is 4.08. The van der Waals surface area contributed by atoms with Crippen LogP contribution in [0.4, 0.5) is 4.79 Å². The molecule has 0 radical (unpaired) electrons. The van der Waals surface area contributed by atoms with Gasteiger partial charge in [-0.15, -0.1) is 0 Å². The fourth-order valence-electron chi connectivity index (χ4n) is 2.85. The zero-order valence-corrected chi connectivity index (χ0v) is 15.9. The Morgan fingerprint density at radius 1 is 1.09 bits per heavy atom. The SMILES string of the molecule is CC.CN(CC1CCC(C(C)(C)O)CC1)C(=O)OC(C)(C)C. The van der Waals surface area contributed by atoms with E-state index in [2.05, 4.69) is 0 Å². The lowest BCUT2D eigenvalue weighted by atomic mass is 9.75. The Morgan fingerprint density at radius 2 is 1.55 bits per heavy atom. The van der Waals surface area contributed by atoms with Crippen molar-refractivity contribution >= 4 is 6.09 Å². The summed E-state index contributed by atoms with van der Waals surface area (Å²) < 4.78 is 5.36. The third-order valence-electron chi connectivity index (χ3n) is 4.08. The molecular formula is C18H37NO3. The van der Waals surface area contributed by atoms with Crippen molar-refractivity contribution in [2.75, 3.05) is 13.6 Å². The fraction of sp³-hybridized carbons (Fsp3) is 0.944. The number of rotatable bonds is 3. The Labute approximate surface area is 137 Å². The summed E-state index contributed by atoms with van der Waals surface area (Å²) in [6.07, 6.45) is 3.97. The second-order valence-electron chi connectivity index (χ2n) is 7.73. The van der Waals surface area contributed by atoms with Gasteiger partial charge in [0.2, 0.25) is 0 Å². The van der Waals surface area contributed by atoms with Crippen molar-refractivity contribution in [3.63, 3.8) is 0 Å². The highest BCUT2D eigenvalue weighted by atomic mass is 16.6. The van der Waals surface area contributed by atoms with Gasteiger partial charge >= 0.3 is 6.09 Å². The van der Waals surface area contributed by atoms with Crippen molar-refractivity contribution in [1.29, 1.82) is 0 Å². The first-order valence-electron chi connectivity index (χ1n) is 8.65. The Bertz CT molecular complexity index is 320. The maximum atomic E-state index is 11.9. The Hall–Kier alpha value is -0.770. The molecule has 1 aliphatic carbocycles. The molecule has 0 bridgehead atoms. The number of ether oxygens (including phenoxy) is 1. The first-order valence-corrected chi connectivity index (χ1v) is 8.65. The van der Waals surface area contributed by atoms with Crippen LogP contribution in [0.2, 0.25) is 0 Å². The first kappa shape index (κ1) is 21.2. The van der Waals surface area contributed by atoms with E-state index in [1.54, 1.807) is 11.9 Å². The molecule has 4 nitrogen and oxygen atoms in total. The van der Waals surface area contributed by atoms with Crippen molar-refractivity contribution in [3.05, 3.63) is 0 Å². The lowest BCUT2D eigenvalue weighted by molar-refractivity contribution is -0.0100. The van der Waals surface area contributed by atoms with Crippen molar-refractivity contribution in [2.45, 2.75) is 85.4 Å². The lowest BCUT2D eigenvalue weighted by Gasteiger charge is -2.37. The van der Waals surface area contributed by atoms with E-state index in [1.807, 2.05) is 48.5 Å². The molecule has 0 aliphatic heterocycles. The molecule has 0 unspecified atom stereocenters. The zero-order chi connectivity index (χ0) is 17.6. The minimum Gasteiger partial charge on any atom is -0.444 e. The molecule has 0 heterocycles. The predicted octanol–water partition coefficient (Wildman–Crippen LogP) is 4.46. The number of carbonyl (C=O) groups excluding carboxylic acids is 1. The van der Waals surface area contributed by atoms with Gasteiger partial charge in [0, 0.05) is 13.6 Å². The van der Waals surface area contributed by atoms with Gasteiger partial charge in [0.15, 0.2) is 0 Å². The topological polar surface area (TPSA) is 49.8 Å². The minimum absolute atomic E-state index is 0.248. The van der Waals surface area contributed by atoms with Gasteiger partial charge in [-0.25, -0.2) is 4.79 Å². The van der Waals surface area contributed by atoms with Crippen LogP contribution >= 0.6 is 0 Å². The van der Waals surface area contributed by atoms with Gasteiger partial charge in [0.25, 0.3) is 0 Å². The molecule has 0 spiro atoms. The second-order valence-corrected chi connectivity index (χ2v) is 7.73. The molecule has 0 atom stereocenters. The minimum atomic E-state index is -0.581. The summed E-state index contributed by atoms with van der Waals surface area (Å²) in [6.45, 7) is 14.2. The van der Waals surface area contributed by atoms with Gasteiger partial charge in [0.05, 0.1) is 5.60 Å². The molecule has 132 valence electrons. The van der Waals surface area contributed by atoms with Gasteiger partial charge in [-0.2, -0.15) is 0 Å². The van der Waals surface area contributed by atoms with E-state index in [-0.39, 0.29) is 6.09 Å². The van der Waals surface area contributed by atoms with Crippen LogP contribution in [-0.2, 0) is 4.74 Å². The van der Waals surface area contributed by atoms with Crippen LogP contribution < -0.4 is 0 Å². The molecular weight excluding hydrogens is 278 g/mol. The largest absolute Gasteiger partial charge is 0.444 e. The summed E-state index contributed by atoms with van der Waals surface area (Å²) in [6, 6.07) is 0. The summed E-state index contributed by atoms with van der Waals surface area (Å²) >= 11 is 0. The van der Waals surface area contributed by atoms with Gasteiger partial charge in [-0.05, 0) is 72.1 Å². The smallest absolute Gasteiger partial charge is 0.410 e. The number of hydrogen-bond donors (Lipinski definition) is 1. The van der Waals surface area contributed by atoms with Crippen LogP contribution in [0.25, 0.3) is 0 Å². The van der Waals surface area contributed by atoms with Crippen LogP contribution in [0.3, 0.4) is 0 Å². The Morgan fingerprint density at radius 3 is 1.91 bits per heavy atom. The Kier molecular flexibility index (Phi) is 8.45. The fourth-order valence-corrected chi connectivity index (χ4v) is 2.85. The summed E-state index contributed by atoms with van der Waals surface area (Å²) in [5.41, 5.74) is -1.02. The molecule has 4 heteroatoms. The normalized spacial score (nSPS) is 22.4. The number of amides is 1. The number of aliphatic hydroxyl groups is 1. The van der Waals surface area contributed by atoms with Crippen molar-refractivity contribution in [1.82, 2.24) is 4.90 Å². The molecule has 22 heavy (non-hydrogen) atoms. The molecule has 1 aliphatic rings. The molecule has 1 saturated carbocycles. The van der Waals surface area contributed by atoms with E-state index >= 15 is 0 Å². The van der Waals surface area contributed by atoms with Gasteiger partial charge in [-0.3, -0.25) is 0 Å². The van der Waals surface area contributed by atoms with E-state index in [4.69, 9.17) is 4.74 Å². The maximum absolute atomic E-state index is 11.9. The van der Waals surface area contributed by atoms with Gasteiger partial charge < -0.3 is 14.7 Å². The Balaban J connectivity index is 0.00000211. The average Bonchev–Trinajstić information content (AvgIpc) is 2.38. The summed E-state index contributed by atoms with van der Waals surface area (Å²) in [5.74, 6) is 0.900. The number of carbonyl (C=O) groups is 1. The first-order chi connectivity index (χ1) is 9.99. The van der Waals surface area contributed by atoms with E-state index in [0.29, 0.717) is 11.8 Å². The summed E-state index contributed by atoms with van der Waals surface area (Å²) in [4.78, 5) is 13.6. The maximum Gasteiger partial charge on any atom is 0.410 e. The van der Waals surface area contributed by atoms with Crippen LogP contribution in [-0.4, -0.2) is 40.9 Å². The zero-order valence-electron chi connectivity index (χ0n) is 15.9. The third kappa shape index (κ3) is 8.02. The average molecular weight is 315 g/mol. The van der Waals surface area contributed by atoms with Crippen molar-refractivity contribution in [2.24, 2.45) is 11.8 Å². The van der Waals surface area contributed by atoms with Crippen LogP contribution in [0, 0.1) is 11.8 Å². The molecule has 0 aromatic rings. The van der Waals surface area contributed by atoms with Crippen LogP contribution in [0.1, 0.15) is 74.1 Å². The lowest BCUT2D eigenvalue weighted by Crippen LogP contribution is -2.39. The molecule has 1 N–H and O–H groups in total. The van der Waals surface area contributed by atoms with Crippen LogP contribution in [0.15, 0.2) is 0 Å². The predicted molar refractivity (Wildman–Crippen MR) is 92.0 cm³/mol. The molecule has 0 saturated heterocycles. The van der Waals surface area contributed by atoms with Crippen molar-refractivity contribution in [3.8, 4) is 0 Å². The van der Waals surface area contributed by atoms with Crippen LogP contribution in [0.5, 0.6) is 0 Å². The summed E-state index contributed by atoms with van der Waals surface area (Å²) in [5, 5.41) is 10.0. The van der Waals surface area contributed by atoms with Gasteiger partial charge in [-0.1, -0.05) is 13.8 Å². The van der Waals surface area contributed by atoms with E-state index in [0.717, 1.165) is 32.2 Å². The standard InChI is InChI=1S/C16H31NO3.C2H6/c1-15(2,3)20-14(18)17(6)11-12-7-9-13(10-8-12)16(4,5)19;1-2/h12-13,19H,7-11H2,1-6H3;1-2H3.